The van der Waals surface area contributed by atoms with Crippen molar-refractivity contribution in [2.24, 2.45) is 0 Å². The molecule has 0 aliphatic carbocycles. The minimum absolute atomic E-state index is 0.114. The largest absolute Gasteiger partial charge is 0.465 e. The molecule has 1 amide bonds. The molecular formula is C18H24N2O5. The highest BCUT2D eigenvalue weighted by Crippen LogP contribution is 2.24. The van der Waals surface area contributed by atoms with Crippen LogP contribution in [0.4, 0.5) is 5.69 Å². The average molecular weight is 348 g/mol. The van der Waals surface area contributed by atoms with E-state index in [0.29, 0.717) is 24.5 Å². The zero-order valence-corrected chi connectivity index (χ0v) is 14.4. The van der Waals surface area contributed by atoms with E-state index in [4.69, 9.17) is 14.2 Å². The second kappa shape index (κ2) is 8.42. The van der Waals surface area contributed by atoms with E-state index in [0.717, 1.165) is 25.8 Å². The molecule has 3 rings (SSSR count). The number of nitrogens with zero attached hydrogens (tertiary/aromatic N) is 1. The molecule has 2 aliphatic heterocycles. The first kappa shape index (κ1) is 17.8. The normalized spacial score (nSPS) is 21.9. The van der Waals surface area contributed by atoms with Gasteiger partial charge in [0, 0.05) is 5.69 Å². The van der Waals surface area contributed by atoms with Gasteiger partial charge in [-0.05, 0) is 37.6 Å². The summed E-state index contributed by atoms with van der Waals surface area (Å²) in [5.74, 6) is -0.547. The molecule has 0 bridgehead atoms. The van der Waals surface area contributed by atoms with Gasteiger partial charge in [0.1, 0.15) is 0 Å². The van der Waals surface area contributed by atoms with Crippen LogP contribution in [0.2, 0.25) is 0 Å². The highest BCUT2D eigenvalue weighted by Gasteiger charge is 2.34. The van der Waals surface area contributed by atoms with E-state index in [2.05, 4.69) is 10.2 Å². The second-order valence-electron chi connectivity index (χ2n) is 6.26. The summed E-state index contributed by atoms with van der Waals surface area (Å²) in [7, 11) is 1.33. The summed E-state index contributed by atoms with van der Waals surface area (Å²) in [4.78, 5) is 26.2. The number of hydrogen-bond donors (Lipinski definition) is 1. The average Bonchev–Trinajstić information content (AvgIpc) is 3.16. The van der Waals surface area contributed by atoms with E-state index in [1.165, 1.54) is 7.11 Å². The lowest BCUT2D eigenvalue weighted by Crippen LogP contribution is -2.50. The van der Waals surface area contributed by atoms with Crippen LogP contribution in [0.15, 0.2) is 24.3 Å². The number of nitrogens with one attached hydrogen (secondary N) is 1. The lowest BCUT2D eigenvalue weighted by molar-refractivity contribution is -0.127. The molecule has 0 spiro atoms. The quantitative estimate of drug-likeness (QED) is 0.815. The number of likely N-dealkylation sites (tertiary alicyclic amines) is 1. The molecule has 2 fully saturated rings. The molecule has 0 radical (unpaired) electrons. The van der Waals surface area contributed by atoms with Gasteiger partial charge in [0.2, 0.25) is 5.91 Å². The number of carbonyl (C=O) groups excluding carboxylic acids is 2. The first-order valence-electron chi connectivity index (χ1n) is 8.63. The van der Waals surface area contributed by atoms with Crippen LogP contribution in [-0.4, -0.2) is 62.5 Å². The molecule has 2 aliphatic rings. The number of piperidine rings is 1. The summed E-state index contributed by atoms with van der Waals surface area (Å²) in [6, 6.07) is 6.84. The fourth-order valence-corrected chi connectivity index (χ4v) is 3.35. The summed E-state index contributed by atoms with van der Waals surface area (Å²) < 4.78 is 16.0. The molecule has 7 heteroatoms. The van der Waals surface area contributed by atoms with Gasteiger partial charge in [0.05, 0.1) is 38.5 Å². The van der Waals surface area contributed by atoms with Gasteiger partial charge in [-0.1, -0.05) is 12.5 Å². The van der Waals surface area contributed by atoms with Crippen molar-refractivity contribution in [3.05, 3.63) is 29.8 Å². The Bertz CT molecular complexity index is 615. The van der Waals surface area contributed by atoms with Crippen LogP contribution in [0.3, 0.4) is 0 Å². The lowest BCUT2D eigenvalue weighted by atomic mass is 10.0. The van der Waals surface area contributed by atoms with Crippen molar-refractivity contribution in [3.8, 4) is 0 Å². The number of carbonyl (C=O) groups is 2. The molecule has 2 saturated heterocycles. The van der Waals surface area contributed by atoms with Crippen molar-refractivity contribution in [2.45, 2.75) is 31.6 Å². The third-order valence-corrected chi connectivity index (χ3v) is 4.54. The predicted octanol–water partition coefficient (Wildman–Crippen LogP) is 1.64. The number of ether oxygens (including phenoxy) is 3. The fraction of sp³-hybridized carbons (Fsp3) is 0.556. The molecule has 25 heavy (non-hydrogen) atoms. The molecule has 1 aromatic rings. The minimum Gasteiger partial charge on any atom is -0.465 e. The van der Waals surface area contributed by atoms with Gasteiger partial charge in [-0.15, -0.1) is 0 Å². The SMILES string of the molecule is COC(=O)c1cccc(NC(=O)CN2CCCCC2C2OCCO2)c1. The smallest absolute Gasteiger partial charge is 0.337 e. The Morgan fingerprint density at radius 2 is 2.08 bits per heavy atom. The number of methoxy groups -OCH3 is 1. The van der Waals surface area contributed by atoms with Crippen LogP contribution < -0.4 is 5.32 Å². The van der Waals surface area contributed by atoms with Gasteiger partial charge in [0.15, 0.2) is 6.29 Å². The summed E-state index contributed by atoms with van der Waals surface area (Å²) >= 11 is 0. The molecule has 1 aromatic carbocycles. The fourth-order valence-electron chi connectivity index (χ4n) is 3.35. The number of hydrogen-bond acceptors (Lipinski definition) is 6. The van der Waals surface area contributed by atoms with Crippen LogP contribution in [0.1, 0.15) is 29.6 Å². The lowest BCUT2D eigenvalue weighted by Gasteiger charge is -2.37. The maximum absolute atomic E-state index is 12.4. The van der Waals surface area contributed by atoms with Crippen molar-refractivity contribution >= 4 is 17.6 Å². The highest BCUT2D eigenvalue weighted by molar-refractivity contribution is 5.95. The Hall–Kier alpha value is -1.96. The van der Waals surface area contributed by atoms with E-state index in [1.807, 2.05) is 0 Å². The van der Waals surface area contributed by atoms with Gasteiger partial charge < -0.3 is 19.5 Å². The Balaban J connectivity index is 1.60. The van der Waals surface area contributed by atoms with Crippen LogP contribution in [0.25, 0.3) is 0 Å². The maximum atomic E-state index is 12.4. The molecule has 1 atom stereocenters. The van der Waals surface area contributed by atoms with Gasteiger partial charge >= 0.3 is 5.97 Å². The predicted molar refractivity (Wildman–Crippen MR) is 91.3 cm³/mol. The van der Waals surface area contributed by atoms with E-state index in [-0.39, 0.29) is 24.8 Å². The van der Waals surface area contributed by atoms with Crippen LogP contribution in [0, 0.1) is 0 Å². The Morgan fingerprint density at radius 3 is 2.84 bits per heavy atom. The third-order valence-electron chi connectivity index (χ3n) is 4.54. The van der Waals surface area contributed by atoms with Crippen LogP contribution in [-0.2, 0) is 19.0 Å². The molecular weight excluding hydrogens is 324 g/mol. The topological polar surface area (TPSA) is 77.1 Å². The van der Waals surface area contributed by atoms with Crippen molar-refractivity contribution < 1.29 is 23.8 Å². The monoisotopic (exact) mass is 348 g/mol. The Kier molecular flexibility index (Phi) is 6.01. The van der Waals surface area contributed by atoms with Crippen LogP contribution in [0.5, 0.6) is 0 Å². The summed E-state index contributed by atoms with van der Waals surface area (Å²) in [6.45, 7) is 2.35. The van der Waals surface area contributed by atoms with E-state index in [9.17, 15) is 9.59 Å². The molecule has 1 unspecified atom stereocenters. The van der Waals surface area contributed by atoms with E-state index >= 15 is 0 Å². The number of rotatable bonds is 5. The molecule has 136 valence electrons. The van der Waals surface area contributed by atoms with Gasteiger partial charge in [-0.25, -0.2) is 4.79 Å². The zero-order valence-electron chi connectivity index (χ0n) is 14.4. The third kappa shape index (κ3) is 4.56. The first-order valence-corrected chi connectivity index (χ1v) is 8.63. The maximum Gasteiger partial charge on any atom is 0.337 e. The number of benzene rings is 1. The molecule has 7 nitrogen and oxygen atoms in total. The standard InChI is InChI=1S/C18H24N2O5/c1-23-17(22)13-5-4-6-14(11-13)19-16(21)12-20-8-3-2-7-15(20)18-24-9-10-25-18/h4-6,11,15,18H,2-3,7-10,12H2,1H3,(H,19,21). The van der Waals surface area contributed by atoms with Crippen LogP contribution >= 0.6 is 0 Å². The van der Waals surface area contributed by atoms with Gasteiger partial charge in [0.25, 0.3) is 0 Å². The Labute approximate surface area is 147 Å². The van der Waals surface area contributed by atoms with Gasteiger partial charge in [-0.3, -0.25) is 9.69 Å². The Morgan fingerprint density at radius 1 is 1.28 bits per heavy atom. The summed E-state index contributed by atoms with van der Waals surface area (Å²) in [5, 5.41) is 2.85. The highest BCUT2D eigenvalue weighted by atomic mass is 16.7. The molecule has 1 N–H and O–H groups in total. The minimum atomic E-state index is -0.428. The van der Waals surface area contributed by atoms with E-state index in [1.54, 1.807) is 24.3 Å². The number of esters is 1. The number of anilines is 1. The summed E-state index contributed by atoms with van der Waals surface area (Å²) in [6.07, 6.45) is 2.91. The van der Waals surface area contributed by atoms with Crippen molar-refractivity contribution in [1.82, 2.24) is 4.90 Å². The van der Waals surface area contributed by atoms with E-state index < -0.39 is 5.97 Å². The molecule has 0 aromatic heterocycles. The zero-order chi connectivity index (χ0) is 17.6. The molecule has 2 heterocycles. The van der Waals surface area contributed by atoms with Crippen molar-refractivity contribution in [1.29, 1.82) is 0 Å². The van der Waals surface area contributed by atoms with Gasteiger partial charge in [-0.2, -0.15) is 0 Å². The van der Waals surface area contributed by atoms with Crippen molar-refractivity contribution in [2.75, 3.05) is 38.7 Å². The summed E-state index contributed by atoms with van der Waals surface area (Å²) in [5.41, 5.74) is 0.985. The van der Waals surface area contributed by atoms with Crippen molar-refractivity contribution in [3.63, 3.8) is 0 Å². The second-order valence-corrected chi connectivity index (χ2v) is 6.26. The number of amides is 1. The molecule has 0 saturated carbocycles. The first-order chi connectivity index (χ1) is 12.2.